The van der Waals surface area contributed by atoms with Crippen molar-refractivity contribution in [3.63, 3.8) is 0 Å². The number of carboxylic acid groups (broad SMARTS) is 1. The van der Waals surface area contributed by atoms with E-state index in [1.807, 2.05) is 18.2 Å². The van der Waals surface area contributed by atoms with Gasteiger partial charge in [-0.2, -0.15) is 0 Å². The summed E-state index contributed by atoms with van der Waals surface area (Å²) in [5, 5.41) is 12.5. The fourth-order valence-electron chi connectivity index (χ4n) is 2.11. The summed E-state index contributed by atoms with van der Waals surface area (Å²) in [6, 6.07) is 6.34. The van der Waals surface area contributed by atoms with Gasteiger partial charge in [-0.15, -0.1) is 0 Å². The first-order chi connectivity index (χ1) is 10.0. The highest BCUT2D eigenvalue weighted by Gasteiger charge is 2.23. The Morgan fingerprint density at radius 1 is 1.38 bits per heavy atom. The van der Waals surface area contributed by atoms with Gasteiger partial charge < -0.3 is 14.8 Å². The zero-order valence-electron chi connectivity index (χ0n) is 11.9. The highest BCUT2D eigenvalue weighted by atomic mass is 16.4. The Kier molecular flexibility index (Phi) is 4.42. The van der Waals surface area contributed by atoms with E-state index in [1.165, 1.54) is 0 Å². The van der Waals surface area contributed by atoms with Crippen molar-refractivity contribution in [2.75, 3.05) is 0 Å². The molecule has 0 spiro atoms. The van der Waals surface area contributed by atoms with Crippen molar-refractivity contribution in [1.82, 2.24) is 5.32 Å². The molecule has 1 atom stereocenters. The number of carbonyl (C=O) groups excluding carboxylic acids is 1. The number of nitrogens with one attached hydrogen (secondary N) is 1. The van der Waals surface area contributed by atoms with E-state index in [0.29, 0.717) is 11.1 Å². The van der Waals surface area contributed by atoms with Gasteiger partial charge >= 0.3 is 5.97 Å². The first-order valence-corrected chi connectivity index (χ1v) is 6.67. The largest absolute Gasteiger partial charge is 0.480 e. The van der Waals surface area contributed by atoms with Crippen LogP contribution in [0.3, 0.4) is 0 Å². The van der Waals surface area contributed by atoms with Gasteiger partial charge in [-0.3, -0.25) is 4.79 Å². The number of fused-ring (bicyclic) bond motifs is 1. The molecule has 0 aliphatic heterocycles. The molecule has 2 aromatic rings. The Labute approximate surface area is 122 Å². The molecule has 1 unspecified atom stereocenters. The summed E-state index contributed by atoms with van der Waals surface area (Å²) in [5.74, 6) is -1.43. The molecule has 21 heavy (non-hydrogen) atoms. The van der Waals surface area contributed by atoms with Crippen molar-refractivity contribution < 1.29 is 19.1 Å². The molecule has 1 aromatic carbocycles. The van der Waals surface area contributed by atoms with Gasteiger partial charge in [-0.05, 0) is 26.3 Å². The molecule has 2 rings (SSSR count). The number of furan rings is 1. The lowest BCUT2D eigenvalue weighted by molar-refractivity contribution is -0.139. The van der Waals surface area contributed by atoms with E-state index in [1.54, 1.807) is 32.1 Å². The summed E-state index contributed by atoms with van der Waals surface area (Å²) in [7, 11) is 0. The van der Waals surface area contributed by atoms with Crippen LogP contribution in [0.2, 0.25) is 0 Å². The molecule has 110 valence electrons. The van der Waals surface area contributed by atoms with Crippen LogP contribution in [-0.2, 0) is 4.79 Å². The number of aryl methyl sites for hydroxylation is 1. The second kappa shape index (κ2) is 6.26. The molecule has 0 saturated heterocycles. The van der Waals surface area contributed by atoms with Crippen LogP contribution in [0.4, 0.5) is 0 Å². The average molecular weight is 287 g/mol. The van der Waals surface area contributed by atoms with Gasteiger partial charge in [-0.1, -0.05) is 30.4 Å². The minimum absolute atomic E-state index is 0.155. The Bertz CT molecular complexity index is 699. The van der Waals surface area contributed by atoms with Gasteiger partial charge in [0.1, 0.15) is 11.6 Å². The van der Waals surface area contributed by atoms with Crippen molar-refractivity contribution in [2.45, 2.75) is 26.3 Å². The maximum Gasteiger partial charge on any atom is 0.326 e. The van der Waals surface area contributed by atoms with Gasteiger partial charge in [-0.25, -0.2) is 4.79 Å². The second-order valence-electron chi connectivity index (χ2n) is 4.72. The Morgan fingerprint density at radius 3 is 2.71 bits per heavy atom. The van der Waals surface area contributed by atoms with Crippen LogP contribution < -0.4 is 5.32 Å². The summed E-state index contributed by atoms with van der Waals surface area (Å²) in [4.78, 5) is 23.4. The van der Waals surface area contributed by atoms with Gasteiger partial charge in [0.25, 0.3) is 5.91 Å². The predicted molar refractivity (Wildman–Crippen MR) is 79.3 cm³/mol. The maximum absolute atomic E-state index is 12.2. The minimum Gasteiger partial charge on any atom is -0.480 e. The van der Waals surface area contributed by atoms with Gasteiger partial charge in [0, 0.05) is 10.9 Å². The standard InChI is InChI=1S/C16H17NO4/c1-3-4-8-12(16(19)20)17-15(18)14-10(2)11-7-5-6-9-13(11)21-14/h3-7,9,12H,8H2,1-2H3,(H,17,18)(H,19,20)/b4-3+. The van der Waals surface area contributed by atoms with E-state index in [2.05, 4.69) is 5.32 Å². The lowest BCUT2D eigenvalue weighted by Crippen LogP contribution is -2.40. The zero-order chi connectivity index (χ0) is 15.4. The summed E-state index contributed by atoms with van der Waals surface area (Å²) < 4.78 is 5.52. The molecule has 0 aliphatic carbocycles. The number of allylic oxidation sites excluding steroid dienone is 1. The van der Waals surface area contributed by atoms with Crippen LogP contribution in [0.5, 0.6) is 0 Å². The van der Waals surface area contributed by atoms with Crippen molar-refractivity contribution in [3.8, 4) is 0 Å². The number of carboxylic acids is 1. The smallest absolute Gasteiger partial charge is 0.326 e. The number of benzene rings is 1. The van der Waals surface area contributed by atoms with Crippen molar-refractivity contribution in [3.05, 3.63) is 47.7 Å². The molecule has 0 bridgehead atoms. The van der Waals surface area contributed by atoms with Crippen LogP contribution in [0.1, 0.15) is 29.5 Å². The van der Waals surface area contributed by atoms with Crippen LogP contribution in [0, 0.1) is 6.92 Å². The van der Waals surface area contributed by atoms with Gasteiger partial charge in [0.15, 0.2) is 5.76 Å². The topological polar surface area (TPSA) is 79.5 Å². The highest BCUT2D eigenvalue weighted by Crippen LogP contribution is 2.24. The van der Waals surface area contributed by atoms with Crippen LogP contribution in [0.15, 0.2) is 40.8 Å². The van der Waals surface area contributed by atoms with E-state index in [4.69, 9.17) is 9.52 Å². The van der Waals surface area contributed by atoms with E-state index >= 15 is 0 Å². The van der Waals surface area contributed by atoms with Crippen LogP contribution >= 0.6 is 0 Å². The normalized spacial score (nSPS) is 12.7. The first-order valence-electron chi connectivity index (χ1n) is 6.67. The Morgan fingerprint density at radius 2 is 2.10 bits per heavy atom. The number of rotatable bonds is 5. The summed E-state index contributed by atoms with van der Waals surface area (Å²) >= 11 is 0. The molecule has 2 N–H and O–H groups in total. The molecule has 0 aliphatic rings. The third-order valence-corrected chi connectivity index (χ3v) is 3.26. The Hall–Kier alpha value is -2.56. The zero-order valence-corrected chi connectivity index (χ0v) is 11.9. The Balaban J connectivity index is 2.25. The number of aliphatic carboxylic acids is 1. The number of hydrogen-bond acceptors (Lipinski definition) is 3. The number of hydrogen-bond donors (Lipinski definition) is 2. The van der Waals surface area contributed by atoms with Crippen molar-refractivity contribution in [1.29, 1.82) is 0 Å². The van der Waals surface area contributed by atoms with Crippen LogP contribution in [0.25, 0.3) is 11.0 Å². The van der Waals surface area contributed by atoms with Gasteiger partial charge in [0.05, 0.1) is 0 Å². The summed E-state index contributed by atoms with van der Waals surface area (Å²) in [6.07, 6.45) is 3.68. The third-order valence-electron chi connectivity index (χ3n) is 3.26. The van der Waals surface area contributed by atoms with E-state index < -0.39 is 17.9 Å². The van der Waals surface area contributed by atoms with E-state index in [9.17, 15) is 9.59 Å². The molecule has 0 fully saturated rings. The lowest BCUT2D eigenvalue weighted by Gasteiger charge is -2.11. The first kappa shape index (κ1) is 14.8. The van der Waals surface area contributed by atoms with Crippen molar-refractivity contribution >= 4 is 22.8 Å². The summed E-state index contributed by atoms with van der Waals surface area (Å²) in [6.45, 7) is 3.58. The minimum atomic E-state index is -1.07. The van der Waals surface area contributed by atoms with E-state index in [0.717, 1.165) is 5.39 Å². The molecule has 0 radical (unpaired) electrons. The molecule has 0 saturated carbocycles. The maximum atomic E-state index is 12.2. The molecule has 1 aromatic heterocycles. The monoisotopic (exact) mass is 287 g/mol. The fourth-order valence-corrected chi connectivity index (χ4v) is 2.11. The molecular weight excluding hydrogens is 270 g/mol. The van der Waals surface area contributed by atoms with E-state index in [-0.39, 0.29) is 12.2 Å². The molecule has 5 heteroatoms. The number of para-hydroxylation sites is 1. The molecule has 1 heterocycles. The predicted octanol–water partition coefficient (Wildman–Crippen LogP) is 2.89. The van der Waals surface area contributed by atoms with Crippen molar-refractivity contribution in [2.24, 2.45) is 0 Å². The average Bonchev–Trinajstić information content (AvgIpc) is 2.81. The third kappa shape index (κ3) is 3.13. The molecule has 5 nitrogen and oxygen atoms in total. The quantitative estimate of drug-likeness (QED) is 0.829. The summed E-state index contributed by atoms with van der Waals surface area (Å²) in [5.41, 5.74) is 1.32. The lowest BCUT2D eigenvalue weighted by atomic mass is 10.1. The SMILES string of the molecule is C/C=C/CC(NC(=O)c1oc2ccccc2c1C)C(=O)O. The van der Waals surface area contributed by atoms with Gasteiger partial charge in [0.2, 0.25) is 0 Å². The second-order valence-corrected chi connectivity index (χ2v) is 4.72. The van der Waals surface area contributed by atoms with Crippen LogP contribution in [-0.4, -0.2) is 23.0 Å². The number of carbonyl (C=O) groups is 2. The molecule has 1 amide bonds. The fraction of sp³-hybridized carbons (Fsp3) is 0.250. The molecular formula is C16H17NO4. The highest BCUT2D eigenvalue weighted by molar-refractivity contribution is 6.00. The number of amides is 1.